The van der Waals surface area contributed by atoms with Gasteiger partial charge in [-0.3, -0.25) is 0 Å². The first-order chi connectivity index (χ1) is 3.00. The van der Waals surface area contributed by atoms with E-state index in [4.69, 9.17) is 0 Å². The third-order valence-electron chi connectivity index (χ3n) is 1.32. The van der Waals surface area contributed by atoms with E-state index in [-0.39, 0.29) is 34.1 Å². The van der Waals surface area contributed by atoms with Crippen LogP contribution >= 0.6 is 0 Å². The molecular weight excluding hydrogens is 207 g/mol. The van der Waals surface area contributed by atoms with Crippen molar-refractivity contribution < 1.29 is 34.1 Å². The largest absolute Gasteiger partial charge is 1.00 e. The molecule has 0 bridgehead atoms. The van der Waals surface area contributed by atoms with Crippen LogP contribution in [0.4, 0.5) is 0 Å². The van der Waals surface area contributed by atoms with E-state index in [0.29, 0.717) is 0 Å². The van der Waals surface area contributed by atoms with Crippen LogP contribution in [0.3, 0.4) is 0 Å². The standard InChI is InChI=1S/C6H11.BrH.Mn/c1-2-4-6-5-3-1;;/h1H,2-6H2;1H;/p-1. The van der Waals surface area contributed by atoms with Crippen molar-refractivity contribution in [2.45, 2.75) is 32.1 Å². The van der Waals surface area contributed by atoms with Crippen LogP contribution in [-0.4, -0.2) is 0 Å². The molecule has 2 heteroatoms. The van der Waals surface area contributed by atoms with Crippen molar-refractivity contribution in [2.75, 3.05) is 0 Å². The number of halogens is 1. The van der Waals surface area contributed by atoms with Gasteiger partial charge in [-0.25, -0.2) is 0 Å². The maximum Gasteiger partial charge on any atom is 0 e. The van der Waals surface area contributed by atoms with E-state index in [2.05, 4.69) is 6.42 Å². The summed E-state index contributed by atoms with van der Waals surface area (Å²) in [6.07, 6.45) is 9.50. The van der Waals surface area contributed by atoms with Gasteiger partial charge < -0.3 is 17.0 Å². The average Bonchev–Trinajstić information content (AvgIpc) is 1.72. The number of hydrogen-bond donors (Lipinski definition) is 0. The molecule has 0 unspecified atom stereocenters. The topological polar surface area (TPSA) is 0 Å². The quantitative estimate of drug-likeness (QED) is 0.465. The van der Waals surface area contributed by atoms with Gasteiger partial charge in [0.25, 0.3) is 0 Å². The van der Waals surface area contributed by atoms with Crippen molar-refractivity contribution in [1.29, 1.82) is 0 Å². The van der Waals surface area contributed by atoms with E-state index in [0.717, 1.165) is 0 Å². The van der Waals surface area contributed by atoms with Crippen molar-refractivity contribution >= 4 is 0 Å². The molecule has 0 aromatic carbocycles. The minimum absolute atomic E-state index is 0. The summed E-state index contributed by atoms with van der Waals surface area (Å²) in [6.45, 7) is 0. The van der Waals surface area contributed by atoms with E-state index in [1.807, 2.05) is 0 Å². The van der Waals surface area contributed by atoms with Crippen LogP contribution < -0.4 is 17.0 Å². The minimum atomic E-state index is 0. The molecule has 0 saturated heterocycles. The summed E-state index contributed by atoms with van der Waals surface area (Å²) in [5.41, 5.74) is 0. The second kappa shape index (κ2) is 8.00. The van der Waals surface area contributed by atoms with Gasteiger partial charge in [-0.1, -0.05) is 32.1 Å². The van der Waals surface area contributed by atoms with Crippen molar-refractivity contribution in [3.63, 3.8) is 0 Å². The van der Waals surface area contributed by atoms with Crippen LogP contribution in [0.2, 0.25) is 0 Å². The van der Waals surface area contributed by atoms with Gasteiger partial charge in [0, 0.05) is 17.1 Å². The zero-order valence-electron chi connectivity index (χ0n) is 4.87. The van der Waals surface area contributed by atoms with E-state index >= 15 is 0 Å². The van der Waals surface area contributed by atoms with Crippen LogP contribution in [0.1, 0.15) is 32.1 Å². The fourth-order valence-electron chi connectivity index (χ4n) is 0.898. The molecule has 0 heterocycles. The summed E-state index contributed by atoms with van der Waals surface area (Å²) in [5, 5.41) is 0. The van der Waals surface area contributed by atoms with Gasteiger partial charge >= 0.3 is 0 Å². The Bertz CT molecular complexity index is 24.0. The summed E-state index contributed by atoms with van der Waals surface area (Å²) < 4.78 is 0. The third-order valence-corrected chi connectivity index (χ3v) is 1.32. The minimum Gasteiger partial charge on any atom is -1.00 e. The summed E-state index contributed by atoms with van der Waals surface area (Å²) in [4.78, 5) is 0. The smallest absolute Gasteiger partial charge is 0 e. The molecule has 0 spiro atoms. The van der Waals surface area contributed by atoms with Crippen molar-refractivity contribution in [3.8, 4) is 0 Å². The monoisotopic (exact) mass is 217 g/mol. The first kappa shape index (κ1) is 11.8. The second-order valence-electron chi connectivity index (χ2n) is 1.93. The Morgan fingerprint density at radius 1 is 0.875 bits per heavy atom. The Morgan fingerprint density at radius 2 is 1.38 bits per heavy atom. The van der Waals surface area contributed by atoms with Crippen LogP contribution in [0.15, 0.2) is 0 Å². The first-order valence-electron chi connectivity index (χ1n) is 2.82. The SMILES string of the molecule is [Br-].[CH]1CCCCC1.[Mn]. The predicted octanol–water partition coefficient (Wildman–Crippen LogP) is -0.844. The van der Waals surface area contributed by atoms with E-state index in [1.165, 1.54) is 32.1 Å². The van der Waals surface area contributed by atoms with Crippen molar-refractivity contribution in [3.05, 3.63) is 6.42 Å². The Labute approximate surface area is 72.7 Å². The van der Waals surface area contributed by atoms with Gasteiger partial charge in [0.1, 0.15) is 0 Å². The van der Waals surface area contributed by atoms with Crippen molar-refractivity contribution in [2.24, 2.45) is 0 Å². The van der Waals surface area contributed by atoms with Gasteiger partial charge in [-0.2, -0.15) is 0 Å². The number of rotatable bonds is 0. The molecule has 0 N–H and O–H groups in total. The fourth-order valence-corrected chi connectivity index (χ4v) is 0.898. The van der Waals surface area contributed by atoms with Gasteiger partial charge in [-0.05, 0) is 6.42 Å². The Kier molecular flexibility index (Phi) is 11.8. The van der Waals surface area contributed by atoms with Crippen LogP contribution in [0, 0.1) is 6.42 Å². The summed E-state index contributed by atoms with van der Waals surface area (Å²) >= 11 is 0. The molecule has 1 aliphatic rings. The van der Waals surface area contributed by atoms with Crippen LogP contribution in [-0.2, 0) is 17.1 Å². The summed E-state index contributed by atoms with van der Waals surface area (Å²) in [6, 6.07) is 0. The molecule has 50 valence electrons. The zero-order chi connectivity index (χ0) is 4.24. The van der Waals surface area contributed by atoms with E-state index in [1.54, 1.807) is 0 Å². The molecular formula is C6H11BrMn-. The molecule has 0 nitrogen and oxygen atoms in total. The molecule has 0 atom stereocenters. The van der Waals surface area contributed by atoms with Crippen molar-refractivity contribution in [1.82, 2.24) is 0 Å². The van der Waals surface area contributed by atoms with E-state index < -0.39 is 0 Å². The molecule has 8 heavy (non-hydrogen) atoms. The molecule has 0 aromatic rings. The molecule has 1 saturated carbocycles. The predicted molar refractivity (Wildman–Crippen MR) is 27.4 cm³/mol. The fraction of sp³-hybridized carbons (Fsp3) is 0.833. The maximum atomic E-state index is 2.39. The Balaban J connectivity index is 0. The van der Waals surface area contributed by atoms with E-state index in [9.17, 15) is 0 Å². The average molecular weight is 218 g/mol. The second-order valence-corrected chi connectivity index (χ2v) is 1.93. The van der Waals surface area contributed by atoms with Crippen LogP contribution in [0.5, 0.6) is 0 Å². The molecule has 1 fully saturated rings. The van der Waals surface area contributed by atoms with Gasteiger partial charge in [0.05, 0.1) is 0 Å². The normalized spacial score (nSPS) is 18.0. The molecule has 0 aliphatic heterocycles. The zero-order valence-corrected chi connectivity index (χ0v) is 7.64. The van der Waals surface area contributed by atoms with Crippen LogP contribution in [0.25, 0.3) is 0 Å². The molecule has 2 radical (unpaired) electrons. The molecule has 0 amide bonds. The summed E-state index contributed by atoms with van der Waals surface area (Å²) in [7, 11) is 0. The first-order valence-corrected chi connectivity index (χ1v) is 2.82. The Morgan fingerprint density at radius 3 is 1.50 bits per heavy atom. The summed E-state index contributed by atoms with van der Waals surface area (Å²) in [5.74, 6) is 0. The molecule has 1 aliphatic carbocycles. The third kappa shape index (κ3) is 5.14. The van der Waals surface area contributed by atoms with Gasteiger partial charge in [0.15, 0.2) is 0 Å². The van der Waals surface area contributed by atoms with Gasteiger partial charge in [-0.15, -0.1) is 0 Å². The van der Waals surface area contributed by atoms with Gasteiger partial charge in [0.2, 0.25) is 0 Å². The molecule has 1 rings (SSSR count). The number of hydrogen-bond acceptors (Lipinski definition) is 0. The molecule has 0 aromatic heterocycles. The maximum absolute atomic E-state index is 2.39. The Hall–Kier alpha value is 0.999.